The molecule has 0 bridgehead atoms. The Bertz CT molecular complexity index is 289. The molecule has 5 heteroatoms. The fraction of sp³-hybridized carbons (Fsp3) is 0.833. The van der Waals surface area contributed by atoms with E-state index in [0.29, 0.717) is 13.0 Å². The minimum Gasteiger partial charge on any atom is -0.465 e. The van der Waals surface area contributed by atoms with Crippen LogP contribution in [0, 0.1) is 5.41 Å². The number of ether oxygens (including phenoxy) is 3. The number of hydrogen-bond acceptors (Lipinski definition) is 5. The molecule has 0 N–H and O–H groups in total. The first-order valence-electron chi connectivity index (χ1n) is 5.88. The van der Waals surface area contributed by atoms with Crippen molar-refractivity contribution in [3.8, 4) is 0 Å². The molecule has 98 valence electrons. The number of Topliss-reactive ketones (excluding diaryl/α,β-unsaturated/α-hetero) is 1. The zero-order chi connectivity index (χ0) is 12.9. The number of carbonyl (C=O) groups is 2. The van der Waals surface area contributed by atoms with Crippen LogP contribution in [-0.4, -0.2) is 44.8 Å². The Morgan fingerprint density at radius 3 is 2.82 bits per heavy atom. The molecule has 0 saturated carbocycles. The average Bonchev–Trinajstić information content (AvgIpc) is 2.32. The van der Waals surface area contributed by atoms with E-state index in [2.05, 4.69) is 0 Å². The Kier molecular flexibility index (Phi) is 5.08. The van der Waals surface area contributed by atoms with Crippen LogP contribution in [0.3, 0.4) is 0 Å². The largest absolute Gasteiger partial charge is 0.465 e. The van der Waals surface area contributed by atoms with Crippen molar-refractivity contribution in [2.45, 2.75) is 32.8 Å². The van der Waals surface area contributed by atoms with Gasteiger partial charge in [-0.05, 0) is 20.3 Å². The third kappa shape index (κ3) is 3.04. The van der Waals surface area contributed by atoms with E-state index in [0.717, 1.165) is 0 Å². The molecule has 5 nitrogen and oxygen atoms in total. The van der Waals surface area contributed by atoms with Gasteiger partial charge in [-0.3, -0.25) is 9.59 Å². The molecule has 1 aliphatic heterocycles. The molecule has 2 unspecified atom stereocenters. The van der Waals surface area contributed by atoms with Crippen LogP contribution >= 0.6 is 0 Å². The normalized spacial score (nSPS) is 26.6. The third-order valence-electron chi connectivity index (χ3n) is 3.06. The van der Waals surface area contributed by atoms with Crippen LogP contribution < -0.4 is 0 Å². The number of carbonyl (C=O) groups excluding carboxylic acids is 2. The van der Waals surface area contributed by atoms with Crippen LogP contribution in [0.15, 0.2) is 0 Å². The van der Waals surface area contributed by atoms with Crippen molar-refractivity contribution in [3.05, 3.63) is 0 Å². The van der Waals surface area contributed by atoms with Crippen molar-refractivity contribution in [2.24, 2.45) is 5.41 Å². The molecule has 0 aliphatic carbocycles. The van der Waals surface area contributed by atoms with Gasteiger partial charge in [-0.1, -0.05) is 0 Å². The zero-order valence-corrected chi connectivity index (χ0v) is 10.7. The topological polar surface area (TPSA) is 61.8 Å². The lowest BCUT2D eigenvalue weighted by molar-refractivity contribution is -0.172. The molecule has 0 spiro atoms. The fourth-order valence-electron chi connectivity index (χ4n) is 2.00. The van der Waals surface area contributed by atoms with E-state index < -0.39 is 11.4 Å². The van der Waals surface area contributed by atoms with Gasteiger partial charge in [0.1, 0.15) is 0 Å². The molecule has 0 radical (unpaired) electrons. The first kappa shape index (κ1) is 14.1. The summed E-state index contributed by atoms with van der Waals surface area (Å²) in [5.74, 6) is -0.597. The van der Waals surface area contributed by atoms with Gasteiger partial charge in [0.15, 0.2) is 11.2 Å². The monoisotopic (exact) mass is 244 g/mol. The highest BCUT2D eigenvalue weighted by molar-refractivity contribution is 6.04. The molecule has 0 aromatic rings. The number of ketones is 1. The molecule has 0 aromatic carbocycles. The molecular weight excluding hydrogens is 224 g/mol. The van der Waals surface area contributed by atoms with E-state index in [1.807, 2.05) is 6.92 Å². The van der Waals surface area contributed by atoms with Gasteiger partial charge in [-0.2, -0.15) is 0 Å². The molecule has 1 saturated heterocycles. The van der Waals surface area contributed by atoms with Crippen molar-refractivity contribution in [3.63, 3.8) is 0 Å². The Morgan fingerprint density at radius 2 is 2.29 bits per heavy atom. The van der Waals surface area contributed by atoms with Crippen molar-refractivity contribution in [1.29, 1.82) is 0 Å². The van der Waals surface area contributed by atoms with Crippen molar-refractivity contribution < 1.29 is 23.8 Å². The lowest BCUT2D eigenvalue weighted by Crippen LogP contribution is -2.49. The summed E-state index contributed by atoms with van der Waals surface area (Å²) in [4.78, 5) is 24.1. The van der Waals surface area contributed by atoms with Gasteiger partial charge >= 0.3 is 5.97 Å². The standard InChI is InChI=1S/C12H20O5/c1-4-17-11(14)12(7-9(2)15-3)8-16-6-5-10(12)13/h9H,4-8H2,1-3H3. The fourth-order valence-corrected chi connectivity index (χ4v) is 2.00. The van der Waals surface area contributed by atoms with E-state index in [1.54, 1.807) is 14.0 Å². The summed E-state index contributed by atoms with van der Waals surface area (Å²) in [6.07, 6.45) is 0.376. The quantitative estimate of drug-likeness (QED) is 0.532. The number of hydrogen-bond donors (Lipinski definition) is 0. The van der Waals surface area contributed by atoms with Gasteiger partial charge < -0.3 is 14.2 Å². The Hall–Kier alpha value is -0.940. The zero-order valence-electron chi connectivity index (χ0n) is 10.7. The van der Waals surface area contributed by atoms with Gasteiger partial charge in [0, 0.05) is 13.5 Å². The van der Waals surface area contributed by atoms with E-state index in [-0.39, 0.29) is 31.5 Å². The summed E-state index contributed by atoms with van der Waals surface area (Å²) in [6.45, 7) is 4.28. The predicted molar refractivity (Wildman–Crippen MR) is 60.6 cm³/mol. The van der Waals surface area contributed by atoms with Crippen LogP contribution in [-0.2, 0) is 23.8 Å². The van der Waals surface area contributed by atoms with Crippen LogP contribution in [0.4, 0.5) is 0 Å². The second-order valence-electron chi connectivity index (χ2n) is 4.28. The summed E-state index contributed by atoms with van der Waals surface area (Å²) in [7, 11) is 1.55. The molecule has 17 heavy (non-hydrogen) atoms. The van der Waals surface area contributed by atoms with E-state index in [1.165, 1.54) is 0 Å². The summed E-state index contributed by atoms with van der Waals surface area (Å²) >= 11 is 0. The number of rotatable bonds is 5. The minimum atomic E-state index is -1.18. The molecule has 0 amide bonds. The maximum absolute atomic E-state index is 12.0. The average molecular weight is 244 g/mol. The van der Waals surface area contributed by atoms with E-state index in [9.17, 15) is 9.59 Å². The van der Waals surface area contributed by atoms with Crippen molar-refractivity contribution >= 4 is 11.8 Å². The first-order valence-corrected chi connectivity index (χ1v) is 5.88. The lowest BCUT2D eigenvalue weighted by atomic mass is 9.76. The van der Waals surface area contributed by atoms with E-state index >= 15 is 0 Å². The van der Waals surface area contributed by atoms with Gasteiger partial charge in [-0.25, -0.2) is 0 Å². The van der Waals surface area contributed by atoms with Gasteiger partial charge in [-0.15, -0.1) is 0 Å². The lowest BCUT2D eigenvalue weighted by Gasteiger charge is -2.34. The molecular formula is C12H20O5. The maximum Gasteiger partial charge on any atom is 0.322 e. The Morgan fingerprint density at radius 1 is 1.59 bits per heavy atom. The minimum absolute atomic E-state index is 0.0956. The van der Waals surface area contributed by atoms with E-state index in [4.69, 9.17) is 14.2 Å². The Balaban J connectivity index is 2.89. The molecule has 2 atom stereocenters. The van der Waals surface area contributed by atoms with Gasteiger partial charge in [0.05, 0.1) is 25.9 Å². The van der Waals surface area contributed by atoms with Crippen molar-refractivity contribution in [1.82, 2.24) is 0 Å². The third-order valence-corrected chi connectivity index (χ3v) is 3.06. The summed E-state index contributed by atoms with van der Waals surface area (Å²) in [5.41, 5.74) is -1.18. The molecule has 1 fully saturated rings. The van der Waals surface area contributed by atoms with Crippen LogP contribution in [0.25, 0.3) is 0 Å². The summed E-state index contributed by atoms with van der Waals surface area (Å²) in [5, 5.41) is 0. The van der Waals surface area contributed by atoms with Crippen LogP contribution in [0.2, 0.25) is 0 Å². The highest BCUT2D eigenvalue weighted by atomic mass is 16.5. The number of esters is 1. The highest BCUT2D eigenvalue weighted by Gasteiger charge is 2.49. The summed E-state index contributed by atoms with van der Waals surface area (Å²) < 4.78 is 15.4. The summed E-state index contributed by atoms with van der Waals surface area (Å²) in [6, 6.07) is 0. The predicted octanol–water partition coefficient (Wildman–Crippen LogP) is 0.950. The van der Waals surface area contributed by atoms with Crippen LogP contribution in [0.5, 0.6) is 0 Å². The second kappa shape index (κ2) is 6.12. The second-order valence-corrected chi connectivity index (χ2v) is 4.28. The molecule has 1 rings (SSSR count). The van der Waals surface area contributed by atoms with Crippen LogP contribution in [0.1, 0.15) is 26.7 Å². The highest BCUT2D eigenvalue weighted by Crippen LogP contribution is 2.32. The molecule has 1 heterocycles. The van der Waals surface area contributed by atoms with Gasteiger partial charge in [0.25, 0.3) is 0 Å². The maximum atomic E-state index is 12.0. The molecule has 0 aromatic heterocycles. The molecule has 1 aliphatic rings. The number of methoxy groups -OCH3 is 1. The Labute approximate surface area is 101 Å². The van der Waals surface area contributed by atoms with Crippen molar-refractivity contribution in [2.75, 3.05) is 26.9 Å². The van der Waals surface area contributed by atoms with Gasteiger partial charge in [0.2, 0.25) is 0 Å². The first-order chi connectivity index (χ1) is 8.06. The smallest absolute Gasteiger partial charge is 0.322 e. The SMILES string of the molecule is CCOC(=O)C1(CC(C)OC)COCCC1=O.